The quantitative estimate of drug-likeness (QED) is 0.848. The van der Waals surface area contributed by atoms with Crippen molar-refractivity contribution >= 4 is 5.91 Å². The highest BCUT2D eigenvalue weighted by Gasteiger charge is 2.22. The van der Waals surface area contributed by atoms with Crippen molar-refractivity contribution in [2.75, 3.05) is 6.61 Å². The maximum Gasteiger partial charge on any atom is 0.255 e. The predicted octanol–water partition coefficient (Wildman–Crippen LogP) is 1.99. The van der Waals surface area contributed by atoms with E-state index in [1.165, 1.54) is 16.9 Å². The van der Waals surface area contributed by atoms with Crippen molar-refractivity contribution in [1.82, 2.24) is 15.1 Å². The van der Waals surface area contributed by atoms with Gasteiger partial charge < -0.3 is 10.4 Å². The number of aliphatic hydroxyl groups is 1. The molecule has 1 aromatic carbocycles. The minimum atomic E-state index is -0.393. The molecule has 0 spiro atoms. The average Bonchev–Trinajstić information content (AvgIpc) is 3.14. The van der Waals surface area contributed by atoms with Crippen LogP contribution in [0, 0.1) is 18.7 Å². The number of benzene rings is 1. The van der Waals surface area contributed by atoms with Gasteiger partial charge in [-0.2, -0.15) is 5.10 Å². The maximum absolute atomic E-state index is 13.9. The molecule has 2 aromatic rings. The van der Waals surface area contributed by atoms with E-state index in [-0.39, 0.29) is 24.5 Å². The zero-order valence-corrected chi connectivity index (χ0v) is 12.7. The molecule has 0 fully saturated rings. The van der Waals surface area contributed by atoms with E-state index >= 15 is 0 Å². The Hall–Kier alpha value is -2.47. The van der Waals surface area contributed by atoms with E-state index in [0.29, 0.717) is 23.4 Å². The van der Waals surface area contributed by atoms with Crippen LogP contribution in [0.3, 0.4) is 0 Å². The summed E-state index contributed by atoms with van der Waals surface area (Å²) in [5, 5.41) is 16.1. The fourth-order valence-corrected chi connectivity index (χ4v) is 2.76. The number of aliphatic hydroxyl groups excluding tert-OH is 1. The molecule has 6 heteroatoms. The summed E-state index contributed by atoms with van der Waals surface area (Å²) in [5.41, 5.74) is 1.30. The molecule has 0 aliphatic heterocycles. The first kappa shape index (κ1) is 15.4. The molecule has 0 bridgehead atoms. The highest BCUT2D eigenvalue weighted by atomic mass is 19.1. The van der Waals surface area contributed by atoms with Gasteiger partial charge in [0, 0.05) is 18.6 Å². The maximum atomic E-state index is 13.9. The third kappa shape index (κ3) is 3.03. The molecule has 5 nitrogen and oxygen atoms in total. The molecule has 0 unspecified atom stereocenters. The van der Waals surface area contributed by atoms with E-state index in [0.717, 1.165) is 0 Å². The number of rotatable bonds is 4. The Balaban J connectivity index is 1.78. The van der Waals surface area contributed by atoms with Crippen molar-refractivity contribution in [3.05, 3.63) is 59.7 Å². The second kappa shape index (κ2) is 6.34. The number of nitrogens with one attached hydrogen (secondary N) is 1. The molecule has 3 rings (SSSR count). The summed E-state index contributed by atoms with van der Waals surface area (Å²) in [5.74, 6) is -0.559. The molecule has 2 N–H and O–H groups in total. The predicted molar refractivity (Wildman–Crippen MR) is 83.8 cm³/mol. The van der Waals surface area contributed by atoms with E-state index in [2.05, 4.69) is 10.4 Å². The molecule has 0 saturated carbocycles. The molecular formula is C17H18FN3O2. The monoisotopic (exact) mass is 315 g/mol. The van der Waals surface area contributed by atoms with Gasteiger partial charge in [0.1, 0.15) is 11.5 Å². The first-order valence-electron chi connectivity index (χ1n) is 7.49. The van der Waals surface area contributed by atoms with Gasteiger partial charge in [-0.05, 0) is 25.5 Å². The molecule has 120 valence electrons. The molecule has 1 amide bonds. The van der Waals surface area contributed by atoms with Crippen LogP contribution < -0.4 is 5.32 Å². The summed E-state index contributed by atoms with van der Waals surface area (Å²) < 4.78 is 15.3. The lowest BCUT2D eigenvalue weighted by atomic mass is 10.1. The average molecular weight is 315 g/mol. The number of nitrogens with zero attached hydrogens (tertiary/aromatic N) is 2. The van der Waals surface area contributed by atoms with Crippen LogP contribution in [0.25, 0.3) is 5.69 Å². The highest BCUT2D eigenvalue weighted by Crippen LogP contribution is 2.19. The van der Waals surface area contributed by atoms with E-state index in [4.69, 9.17) is 5.11 Å². The van der Waals surface area contributed by atoms with Crippen molar-refractivity contribution in [2.45, 2.75) is 19.4 Å². The summed E-state index contributed by atoms with van der Waals surface area (Å²) in [6.45, 7) is 1.81. The third-order valence-corrected chi connectivity index (χ3v) is 4.06. The summed E-state index contributed by atoms with van der Waals surface area (Å²) in [4.78, 5) is 12.4. The molecule has 1 heterocycles. The lowest BCUT2D eigenvalue weighted by Gasteiger charge is -2.12. The van der Waals surface area contributed by atoms with Gasteiger partial charge >= 0.3 is 0 Å². The number of carbonyl (C=O) groups excluding carboxylic acids is 1. The minimum Gasteiger partial charge on any atom is -0.396 e. The zero-order chi connectivity index (χ0) is 16.4. The van der Waals surface area contributed by atoms with Crippen molar-refractivity contribution in [1.29, 1.82) is 0 Å². The van der Waals surface area contributed by atoms with Crippen LogP contribution in [0.15, 0.2) is 42.6 Å². The van der Waals surface area contributed by atoms with Crippen molar-refractivity contribution in [3.8, 4) is 5.69 Å². The molecule has 1 aliphatic carbocycles. The number of hydrogen-bond donors (Lipinski definition) is 2. The minimum absolute atomic E-state index is 0.0765. The molecule has 1 aliphatic rings. The number of amides is 1. The van der Waals surface area contributed by atoms with Gasteiger partial charge in [-0.3, -0.25) is 4.79 Å². The van der Waals surface area contributed by atoms with Crippen LogP contribution in [0.2, 0.25) is 0 Å². The number of hydrogen-bond acceptors (Lipinski definition) is 3. The summed E-state index contributed by atoms with van der Waals surface area (Å²) in [6, 6.07) is 6.19. The number of carbonyl (C=O) groups is 1. The Morgan fingerprint density at radius 1 is 1.43 bits per heavy atom. The lowest BCUT2D eigenvalue weighted by molar-refractivity contribution is 0.0940. The number of aromatic nitrogens is 2. The second-order valence-electron chi connectivity index (χ2n) is 5.65. The molecule has 1 aromatic heterocycles. The summed E-state index contributed by atoms with van der Waals surface area (Å²) in [7, 11) is 0. The molecule has 23 heavy (non-hydrogen) atoms. The van der Waals surface area contributed by atoms with Crippen molar-refractivity contribution < 1.29 is 14.3 Å². The van der Waals surface area contributed by atoms with Gasteiger partial charge in [0.15, 0.2) is 0 Å². The van der Waals surface area contributed by atoms with Gasteiger partial charge in [-0.25, -0.2) is 9.07 Å². The summed E-state index contributed by atoms with van der Waals surface area (Å²) >= 11 is 0. The van der Waals surface area contributed by atoms with E-state index in [1.807, 2.05) is 12.2 Å². The van der Waals surface area contributed by atoms with E-state index in [9.17, 15) is 9.18 Å². The van der Waals surface area contributed by atoms with Crippen LogP contribution in [0.5, 0.6) is 0 Å². The Kier molecular flexibility index (Phi) is 4.25. The molecule has 2 atom stereocenters. The van der Waals surface area contributed by atoms with Gasteiger partial charge in [-0.15, -0.1) is 0 Å². The smallest absolute Gasteiger partial charge is 0.255 e. The fraction of sp³-hybridized carbons (Fsp3) is 0.294. The molecule has 0 radical (unpaired) electrons. The van der Waals surface area contributed by atoms with E-state index in [1.54, 1.807) is 25.1 Å². The topological polar surface area (TPSA) is 67.2 Å². The molecule has 0 saturated heterocycles. The SMILES string of the molecule is Cc1c(C(=O)N[C@@H]2C=C[C@H](CO)C2)cnn1-c1ccccc1F. The largest absolute Gasteiger partial charge is 0.396 e. The van der Waals surface area contributed by atoms with Crippen LogP contribution in [-0.2, 0) is 0 Å². The van der Waals surface area contributed by atoms with Gasteiger partial charge in [-0.1, -0.05) is 24.3 Å². The Bertz CT molecular complexity index is 754. The van der Waals surface area contributed by atoms with Crippen LogP contribution in [0.1, 0.15) is 22.5 Å². The zero-order valence-electron chi connectivity index (χ0n) is 12.7. The first-order chi connectivity index (χ1) is 11.1. The second-order valence-corrected chi connectivity index (χ2v) is 5.65. The lowest BCUT2D eigenvalue weighted by Crippen LogP contribution is -2.33. The Labute approximate surface area is 133 Å². The van der Waals surface area contributed by atoms with Crippen molar-refractivity contribution in [3.63, 3.8) is 0 Å². The fourth-order valence-electron chi connectivity index (χ4n) is 2.76. The van der Waals surface area contributed by atoms with Crippen LogP contribution >= 0.6 is 0 Å². The Morgan fingerprint density at radius 3 is 2.91 bits per heavy atom. The third-order valence-electron chi connectivity index (χ3n) is 4.06. The number of para-hydroxylation sites is 1. The van der Waals surface area contributed by atoms with Gasteiger partial charge in [0.2, 0.25) is 0 Å². The van der Waals surface area contributed by atoms with Crippen LogP contribution in [-0.4, -0.2) is 33.4 Å². The standard InChI is InChI=1S/C17H18FN3O2/c1-11-14(17(23)20-13-7-6-12(8-13)10-22)9-19-21(11)16-5-3-2-4-15(16)18/h2-7,9,12-13,22H,8,10H2,1H3,(H,20,23)/t12-,13+/m0/s1. The highest BCUT2D eigenvalue weighted by molar-refractivity contribution is 5.95. The summed E-state index contributed by atoms with van der Waals surface area (Å²) in [6.07, 6.45) is 5.91. The van der Waals surface area contributed by atoms with Crippen LogP contribution in [0.4, 0.5) is 4.39 Å². The van der Waals surface area contributed by atoms with Gasteiger partial charge in [0.05, 0.1) is 17.5 Å². The first-order valence-corrected chi connectivity index (χ1v) is 7.49. The van der Waals surface area contributed by atoms with Gasteiger partial charge in [0.25, 0.3) is 5.91 Å². The normalized spacial score (nSPS) is 20.0. The Morgan fingerprint density at radius 2 is 2.22 bits per heavy atom. The molecular weight excluding hydrogens is 297 g/mol. The van der Waals surface area contributed by atoms with E-state index < -0.39 is 5.82 Å². The van der Waals surface area contributed by atoms with Crippen molar-refractivity contribution in [2.24, 2.45) is 5.92 Å². The number of halogens is 1.